The number of amidine groups is 1. The molecule has 1 aromatic heterocycles. The van der Waals surface area contributed by atoms with Crippen LogP contribution >= 0.6 is 0 Å². The van der Waals surface area contributed by atoms with Crippen LogP contribution in [0.2, 0.25) is 0 Å². The number of aliphatic imine (C=N–C) groups is 1. The molecule has 0 spiro atoms. The first-order chi connectivity index (χ1) is 12.7. The van der Waals surface area contributed by atoms with Gasteiger partial charge in [0.1, 0.15) is 18.0 Å². The van der Waals surface area contributed by atoms with Crippen LogP contribution in [-0.4, -0.2) is 34.5 Å². The van der Waals surface area contributed by atoms with Gasteiger partial charge in [0.05, 0.1) is 17.1 Å². The number of aromatic nitrogens is 2. The lowest BCUT2D eigenvalue weighted by Crippen LogP contribution is -2.39. The fourth-order valence-corrected chi connectivity index (χ4v) is 3.90. The zero-order valence-corrected chi connectivity index (χ0v) is 15.8. The minimum Gasteiger partial charge on any atom is -0.330 e. The quantitative estimate of drug-likeness (QED) is 0.851. The van der Waals surface area contributed by atoms with Crippen LogP contribution < -0.4 is 10.6 Å². The van der Waals surface area contributed by atoms with E-state index in [0.717, 1.165) is 42.2 Å². The van der Waals surface area contributed by atoms with E-state index in [1.165, 1.54) is 19.3 Å². The predicted octanol–water partition coefficient (Wildman–Crippen LogP) is 4.13. The van der Waals surface area contributed by atoms with Crippen LogP contribution in [0.4, 0.5) is 0 Å². The molecule has 1 fully saturated rings. The number of hydrogen-bond donors (Lipinski definition) is 2. The standard InChI is InChI=1S/C21H29N5.2H2/c1-15-7-5-11-20(26-14-23-18-9-3-4-10-19(18)26)25-21(16(15)2)24-17-8-6-12-22-13-17;;/h3-4,9-11,14-17,22H,5-8,12-13H2,1-2H3,(H,24,25);2*1H/b20-11+;;/t15?,16?,17-;;/m1../s1. The van der Waals surface area contributed by atoms with E-state index < -0.39 is 0 Å². The number of para-hydroxylation sites is 2. The number of allylic oxidation sites excluding steroid dienone is 1. The molecule has 2 aliphatic rings. The van der Waals surface area contributed by atoms with Gasteiger partial charge in [-0.1, -0.05) is 26.0 Å². The Morgan fingerprint density at radius 1 is 1.23 bits per heavy atom. The first-order valence-electron chi connectivity index (χ1n) is 9.90. The Morgan fingerprint density at radius 2 is 2.12 bits per heavy atom. The van der Waals surface area contributed by atoms with Gasteiger partial charge < -0.3 is 10.6 Å². The highest BCUT2D eigenvalue weighted by Crippen LogP contribution is 2.25. The Labute approximate surface area is 158 Å². The molecule has 1 aromatic carbocycles. The van der Waals surface area contributed by atoms with Crippen LogP contribution in [0.5, 0.6) is 0 Å². The van der Waals surface area contributed by atoms with Crippen molar-refractivity contribution in [1.82, 2.24) is 20.2 Å². The van der Waals surface area contributed by atoms with Crippen LogP contribution in [0.1, 0.15) is 42.4 Å². The first-order valence-corrected chi connectivity index (χ1v) is 9.90. The van der Waals surface area contributed by atoms with Crippen LogP contribution in [0.3, 0.4) is 0 Å². The van der Waals surface area contributed by atoms with Gasteiger partial charge in [0.25, 0.3) is 0 Å². The van der Waals surface area contributed by atoms with Gasteiger partial charge in [-0.2, -0.15) is 0 Å². The van der Waals surface area contributed by atoms with Crippen LogP contribution in [-0.2, 0) is 0 Å². The molecular weight excluding hydrogens is 322 g/mol. The second-order valence-electron chi connectivity index (χ2n) is 7.68. The minimum atomic E-state index is 0. The second kappa shape index (κ2) is 7.62. The molecule has 0 radical (unpaired) electrons. The Balaban J connectivity index is 0.00000140. The van der Waals surface area contributed by atoms with Crippen molar-refractivity contribution in [3.05, 3.63) is 36.7 Å². The molecule has 5 nitrogen and oxygen atoms in total. The topological polar surface area (TPSA) is 54.2 Å². The summed E-state index contributed by atoms with van der Waals surface area (Å²) in [5.41, 5.74) is 2.15. The molecule has 2 unspecified atom stereocenters. The summed E-state index contributed by atoms with van der Waals surface area (Å²) in [6.07, 6.45) is 8.84. The molecule has 2 N–H and O–H groups in total. The molecule has 0 amide bonds. The summed E-state index contributed by atoms with van der Waals surface area (Å²) in [7, 11) is 0. The van der Waals surface area contributed by atoms with E-state index in [4.69, 9.17) is 4.99 Å². The first kappa shape index (κ1) is 17.3. The predicted molar refractivity (Wildman–Crippen MR) is 112 cm³/mol. The van der Waals surface area contributed by atoms with Crippen molar-refractivity contribution in [3.63, 3.8) is 0 Å². The van der Waals surface area contributed by atoms with Gasteiger partial charge in [-0.15, -0.1) is 0 Å². The average Bonchev–Trinajstić information content (AvgIpc) is 3.09. The van der Waals surface area contributed by atoms with E-state index in [-0.39, 0.29) is 2.85 Å². The van der Waals surface area contributed by atoms with Gasteiger partial charge in [0.15, 0.2) is 0 Å². The number of rotatable bonds is 2. The summed E-state index contributed by atoms with van der Waals surface area (Å²) in [6.45, 7) is 6.75. The lowest BCUT2D eigenvalue weighted by molar-refractivity contribution is 0.428. The van der Waals surface area contributed by atoms with Crippen LogP contribution in [0, 0.1) is 11.8 Å². The zero-order chi connectivity index (χ0) is 17.9. The van der Waals surface area contributed by atoms with Crippen molar-refractivity contribution in [1.29, 1.82) is 0 Å². The highest BCUT2D eigenvalue weighted by atomic mass is 15.2. The Bertz CT molecular complexity index is 823. The van der Waals surface area contributed by atoms with Gasteiger partial charge in [-0.05, 0) is 56.4 Å². The minimum absolute atomic E-state index is 0. The second-order valence-corrected chi connectivity index (χ2v) is 7.68. The molecule has 3 atom stereocenters. The van der Waals surface area contributed by atoms with Crippen molar-refractivity contribution < 1.29 is 2.85 Å². The third-order valence-electron chi connectivity index (χ3n) is 5.81. The molecule has 0 aliphatic carbocycles. The Kier molecular flexibility index (Phi) is 5.07. The lowest BCUT2D eigenvalue weighted by atomic mass is 9.89. The summed E-state index contributed by atoms with van der Waals surface area (Å²) in [6, 6.07) is 8.66. The van der Waals surface area contributed by atoms with Gasteiger partial charge in [0, 0.05) is 15.3 Å². The number of benzene rings is 1. The SMILES string of the molecule is CC1CC/C=C(/n2cnc3ccccc32)NC(=N[C@@H]2CCCNC2)C1C.[HH].[HH]. The monoisotopic (exact) mass is 355 g/mol. The van der Waals surface area contributed by atoms with Crippen molar-refractivity contribution >= 4 is 22.7 Å². The average molecular weight is 356 g/mol. The van der Waals surface area contributed by atoms with Crippen molar-refractivity contribution in [2.45, 2.75) is 45.6 Å². The largest absolute Gasteiger partial charge is 0.330 e. The van der Waals surface area contributed by atoms with E-state index in [0.29, 0.717) is 17.9 Å². The van der Waals surface area contributed by atoms with E-state index in [9.17, 15) is 0 Å². The highest BCUT2D eigenvalue weighted by Gasteiger charge is 2.24. The smallest absolute Gasteiger partial charge is 0.112 e. The van der Waals surface area contributed by atoms with Gasteiger partial charge in [-0.25, -0.2) is 4.98 Å². The number of piperidine rings is 1. The van der Waals surface area contributed by atoms with E-state index >= 15 is 0 Å². The van der Waals surface area contributed by atoms with Crippen LogP contribution in [0.15, 0.2) is 41.7 Å². The molecular formula is C21H33N5. The van der Waals surface area contributed by atoms with E-state index in [1.807, 2.05) is 12.4 Å². The molecule has 5 heteroatoms. The Morgan fingerprint density at radius 3 is 2.96 bits per heavy atom. The summed E-state index contributed by atoms with van der Waals surface area (Å²) < 4.78 is 2.16. The molecule has 26 heavy (non-hydrogen) atoms. The Hall–Kier alpha value is -2.14. The highest BCUT2D eigenvalue weighted by molar-refractivity contribution is 5.91. The maximum atomic E-state index is 5.14. The fourth-order valence-electron chi connectivity index (χ4n) is 3.90. The van der Waals surface area contributed by atoms with E-state index in [2.05, 4.69) is 58.3 Å². The molecule has 0 saturated carbocycles. The summed E-state index contributed by atoms with van der Waals surface area (Å²) in [5.74, 6) is 3.25. The van der Waals surface area contributed by atoms with Gasteiger partial charge in [0.2, 0.25) is 0 Å². The number of fused-ring (bicyclic) bond motifs is 1. The summed E-state index contributed by atoms with van der Waals surface area (Å²) in [4.78, 5) is 9.69. The van der Waals surface area contributed by atoms with Crippen molar-refractivity contribution in [2.24, 2.45) is 16.8 Å². The third-order valence-corrected chi connectivity index (χ3v) is 5.81. The molecule has 2 aliphatic heterocycles. The summed E-state index contributed by atoms with van der Waals surface area (Å²) in [5, 5.41) is 7.16. The normalized spacial score (nSPS) is 31.1. The number of imidazole rings is 1. The number of nitrogens with one attached hydrogen (secondary N) is 2. The molecule has 1 saturated heterocycles. The van der Waals surface area contributed by atoms with Crippen molar-refractivity contribution in [3.8, 4) is 0 Å². The molecule has 4 rings (SSSR count). The summed E-state index contributed by atoms with van der Waals surface area (Å²) >= 11 is 0. The van der Waals surface area contributed by atoms with Crippen molar-refractivity contribution in [2.75, 3.05) is 13.1 Å². The third kappa shape index (κ3) is 3.54. The molecule has 142 valence electrons. The maximum Gasteiger partial charge on any atom is 0.112 e. The maximum absolute atomic E-state index is 5.14. The lowest BCUT2D eigenvalue weighted by Gasteiger charge is -2.29. The van der Waals surface area contributed by atoms with Gasteiger partial charge >= 0.3 is 0 Å². The number of hydrogen-bond acceptors (Lipinski definition) is 3. The molecule has 2 aromatic rings. The zero-order valence-electron chi connectivity index (χ0n) is 15.8. The van der Waals surface area contributed by atoms with Crippen LogP contribution in [0.25, 0.3) is 16.9 Å². The fraction of sp³-hybridized carbons (Fsp3) is 0.524. The number of nitrogens with zero attached hydrogens (tertiary/aromatic N) is 3. The van der Waals surface area contributed by atoms with E-state index in [1.54, 1.807) is 0 Å². The van der Waals surface area contributed by atoms with Gasteiger partial charge in [-0.3, -0.25) is 9.56 Å². The molecule has 3 heterocycles. The molecule has 0 bridgehead atoms.